The number of hydrogen-bond acceptors (Lipinski definition) is 3. The van der Waals surface area contributed by atoms with Crippen LogP contribution in [-0.2, 0) is 5.41 Å². The van der Waals surface area contributed by atoms with E-state index in [-0.39, 0.29) is 5.41 Å². The van der Waals surface area contributed by atoms with Gasteiger partial charge in [0.25, 0.3) is 0 Å². The predicted octanol–water partition coefficient (Wildman–Crippen LogP) is 10.9. The van der Waals surface area contributed by atoms with Crippen LogP contribution < -0.4 is 0 Å². The van der Waals surface area contributed by atoms with Gasteiger partial charge in [-0.2, -0.15) is 10.5 Å². The highest BCUT2D eigenvalue weighted by Crippen LogP contribution is 2.52. The van der Waals surface area contributed by atoms with E-state index in [4.69, 9.17) is 0 Å². The lowest BCUT2D eigenvalue weighted by atomic mass is 9.82. The molecule has 0 atom stereocenters. The number of fused-ring (bicyclic) bond motifs is 9. The second kappa shape index (κ2) is 9.16. The third-order valence-corrected chi connectivity index (χ3v) is 10.8. The van der Waals surface area contributed by atoms with Crippen molar-refractivity contribution in [3.05, 3.63) is 138 Å². The first-order valence-electron chi connectivity index (χ1n) is 15.1. The monoisotopic (exact) mass is 591 g/mol. The summed E-state index contributed by atoms with van der Waals surface area (Å²) in [5, 5.41) is 24.3. The number of benzene rings is 6. The van der Waals surface area contributed by atoms with Gasteiger partial charge in [0.05, 0.1) is 40.0 Å². The Hall–Kier alpha value is -5.68. The van der Waals surface area contributed by atoms with Crippen molar-refractivity contribution in [1.82, 2.24) is 4.57 Å². The lowest BCUT2D eigenvalue weighted by Crippen LogP contribution is -2.14. The Kier molecular flexibility index (Phi) is 5.25. The maximum Gasteiger partial charge on any atom is 0.0991 e. The number of hydrogen-bond donors (Lipinski definition) is 0. The van der Waals surface area contributed by atoms with Crippen LogP contribution in [0.25, 0.3) is 69.9 Å². The van der Waals surface area contributed by atoms with Crippen molar-refractivity contribution >= 4 is 53.3 Å². The van der Waals surface area contributed by atoms with Gasteiger partial charge in [0.2, 0.25) is 0 Å². The Morgan fingerprint density at radius 3 is 2.16 bits per heavy atom. The zero-order valence-electron chi connectivity index (χ0n) is 24.7. The van der Waals surface area contributed by atoms with E-state index in [9.17, 15) is 10.5 Å². The van der Waals surface area contributed by atoms with Crippen molar-refractivity contribution in [3.63, 3.8) is 0 Å². The van der Waals surface area contributed by atoms with E-state index in [0.29, 0.717) is 11.1 Å². The molecule has 0 saturated heterocycles. The van der Waals surface area contributed by atoms with Crippen LogP contribution in [0.5, 0.6) is 0 Å². The van der Waals surface area contributed by atoms with Crippen LogP contribution in [0.15, 0.2) is 115 Å². The molecule has 0 N–H and O–H groups in total. The molecule has 0 aliphatic heterocycles. The molecule has 9 rings (SSSR count). The highest BCUT2D eigenvalue weighted by Gasteiger charge is 2.35. The average molecular weight is 592 g/mol. The second-order valence-electron chi connectivity index (χ2n) is 12.4. The maximum absolute atomic E-state index is 10.0. The standard InChI is InChI=1S/C41H25N3S/c1-41(2)33-11-5-3-8-26(33)29-20-32-39(21-34(29)41)45-38-13-7-10-28(40(32)38)31-19-25(23-43)15-17-37(31)44-35-12-6-4-9-27(35)30-18-24(22-42)14-16-36(30)44/h3-21H,1-2H3. The van der Waals surface area contributed by atoms with E-state index in [0.717, 1.165) is 38.6 Å². The van der Waals surface area contributed by atoms with Crippen LogP contribution >= 0.6 is 11.3 Å². The fraction of sp³-hybridized carbons (Fsp3) is 0.0732. The van der Waals surface area contributed by atoms with Crippen LogP contribution in [0.2, 0.25) is 0 Å². The topological polar surface area (TPSA) is 52.5 Å². The molecule has 45 heavy (non-hydrogen) atoms. The molecule has 3 nitrogen and oxygen atoms in total. The predicted molar refractivity (Wildman–Crippen MR) is 186 cm³/mol. The van der Waals surface area contributed by atoms with Gasteiger partial charge in [0.15, 0.2) is 0 Å². The maximum atomic E-state index is 10.0. The molecule has 2 aromatic heterocycles. The minimum Gasteiger partial charge on any atom is -0.309 e. The third-order valence-electron chi connectivity index (χ3n) is 9.66. The molecule has 6 aromatic carbocycles. The first kappa shape index (κ1) is 25.8. The van der Waals surface area contributed by atoms with Crippen molar-refractivity contribution in [2.24, 2.45) is 0 Å². The summed E-state index contributed by atoms with van der Waals surface area (Å²) < 4.78 is 4.79. The quantitative estimate of drug-likeness (QED) is 0.201. The van der Waals surface area contributed by atoms with E-state index < -0.39 is 0 Å². The van der Waals surface area contributed by atoms with Gasteiger partial charge < -0.3 is 4.57 Å². The van der Waals surface area contributed by atoms with Crippen molar-refractivity contribution in [2.75, 3.05) is 0 Å². The Labute approximate surface area is 264 Å². The van der Waals surface area contributed by atoms with E-state index in [1.54, 1.807) is 0 Å². The summed E-state index contributed by atoms with van der Waals surface area (Å²) in [6, 6.07) is 45.1. The van der Waals surface area contributed by atoms with Crippen LogP contribution in [0.3, 0.4) is 0 Å². The minimum absolute atomic E-state index is 0.0602. The number of nitriles is 2. The van der Waals surface area contributed by atoms with Crippen molar-refractivity contribution in [3.8, 4) is 40.1 Å². The number of aromatic nitrogens is 1. The fourth-order valence-corrected chi connectivity index (χ4v) is 8.72. The summed E-state index contributed by atoms with van der Waals surface area (Å²) in [6.45, 7) is 4.65. The van der Waals surface area contributed by atoms with Gasteiger partial charge in [-0.3, -0.25) is 0 Å². The largest absolute Gasteiger partial charge is 0.309 e. The first-order valence-corrected chi connectivity index (χ1v) is 15.9. The molecule has 8 aromatic rings. The fourth-order valence-electron chi connectivity index (χ4n) is 7.56. The Bertz CT molecular complexity index is 2650. The molecule has 0 amide bonds. The van der Waals surface area contributed by atoms with Gasteiger partial charge in [-0.25, -0.2) is 0 Å². The van der Waals surface area contributed by atoms with Gasteiger partial charge in [-0.15, -0.1) is 11.3 Å². The average Bonchev–Trinajstić information content (AvgIpc) is 3.69. The zero-order valence-corrected chi connectivity index (χ0v) is 25.5. The molecule has 1 aliphatic rings. The molecule has 0 bridgehead atoms. The molecule has 0 radical (unpaired) electrons. The summed E-state index contributed by atoms with van der Waals surface area (Å²) in [6.07, 6.45) is 0. The van der Waals surface area contributed by atoms with Gasteiger partial charge >= 0.3 is 0 Å². The molecule has 2 heterocycles. The van der Waals surface area contributed by atoms with Crippen molar-refractivity contribution in [2.45, 2.75) is 19.3 Å². The number of para-hydroxylation sites is 1. The zero-order chi connectivity index (χ0) is 30.4. The number of nitrogens with zero attached hydrogens (tertiary/aromatic N) is 3. The van der Waals surface area contributed by atoms with E-state index >= 15 is 0 Å². The van der Waals surface area contributed by atoms with Crippen LogP contribution in [0, 0.1) is 22.7 Å². The Morgan fingerprint density at radius 2 is 1.29 bits per heavy atom. The molecule has 0 fully saturated rings. The van der Waals surface area contributed by atoms with Gasteiger partial charge in [0.1, 0.15) is 0 Å². The minimum atomic E-state index is -0.0602. The lowest BCUT2D eigenvalue weighted by molar-refractivity contribution is 0.661. The second-order valence-corrected chi connectivity index (χ2v) is 13.5. The lowest BCUT2D eigenvalue weighted by Gasteiger charge is -2.21. The van der Waals surface area contributed by atoms with Crippen LogP contribution in [0.4, 0.5) is 0 Å². The van der Waals surface area contributed by atoms with Crippen LogP contribution in [-0.4, -0.2) is 4.57 Å². The summed E-state index contributed by atoms with van der Waals surface area (Å²) in [5.74, 6) is 0. The number of rotatable bonds is 2. The number of thiophene rings is 1. The van der Waals surface area contributed by atoms with Crippen molar-refractivity contribution < 1.29 is 0 Å². The first-order chi connectivity index (χ1) is 22.0. The van der Waals surface area contributed by atoms with Crippen LogP contribution in [0.1, 0.15) is 36.1 Å². The van der Waals surface area contributed by atoms with E-state index in [2.05, 4.69) is 109 Å². The molecule has 210 valence electrons. The molecule has 0 saturated carbocycles. The third kappa shape index (κ3) is 3.49. The molecule has 1 aliphatic carbocycles. The summed E-state index contributed by atoms with van der Waals surface area (Å²) >= 11 is 1.84. The van der Waals surface area contributed by atoms with Gasteiger partial charge in [0, 0.05) is 41.9 Å². The van der Waals surface area contributed by atoms with Gasteiger partial charge in [-0.1, -0.05) is 68.4 Å². The van der Waals surface area contributed by atoms with E-state index in [1.807, 2.05) is 47.7 Å². The summed E-state index contributed by atoms with van der Waals surface area (Å²) in [4.78, 5) is 0. The Balaban J connectivity index is 1.38. The highest BCUT2D eigenvalue weighted by molar-refractivity contribution is 7.26. The summed E-state index contributed by atoms with van der Waals surface area (Å²) in [5.41, 5.74) is 11.8. The molecular formula is C41H25N3S. The summed E-state index contributed by atoms with van der Waals surface area (Å²) in [7, 11) is 0. The van der Waals surface area contributed by atoms with Crippen molar-refractivity contribution in [1.29, 1.82) is 10.5 Å². The molecular weight excluding hydrogens is 567 g/mol. The SMILES string of the molecule is CC1(C)c2ccccc2-c2cc3c(cc21)sc1cccc(-c2cc(C#N)ccc2-n2c4ccccc4c4cc(C#N)ccc42)c13. The molecule has 4 heteroatoms. The van der Waals surface area contributed by atoms with E-state index in [1.165, 1.54) is 42.4 Å². The molecule has 0 spiro atoms. The Morgan fingerprint density at radius 1 is 0.556 bits per heavy atom. The normalized spacial score (nSPS) is 13.2. The molecule has 0 unspecified atom stereocenters. The smallest absolute Gasteiger partial charge is 0.0991 e. The van der Waals surface area contributed by atoms with Gasteiger partial charge in [-0.05, 0) is 88.5 Å². The highest BCUT2D eigenvalue weighted by atomic mass is 32.1.